The van der Waals surface area contributed by atoms with E-state index < -0.39 is 30.1 Å². The summed E-state index contributed by atoms with van der Waals surface area (Å²) in [6, 6.07) is 0. The Morgan fingerprint density at radius 1 is 1.08 bits per heavy atom. The fraction of sp³-hybridized carbons (Fsp3) is 0.759. The average Bonchev–Trinajstić information content (AvgIpc) is 3.31. The molecule has 3 aliphatic rings. The molecule has 1 saturated heterocycles. The lowest BCUT2D eigenvalue weighted by Gasteiger charge is -2.24. The molecule has 4 unspecified atom stereocenters. The molecule has 1 aliphatic heterocycles. The maximum atomic E-state index is 12.6. The number of esters is 2. The SMILES string of the molecule is C=C1CC[C@H](CCC)[C@H]1C[C@H]1OC1C(OC(=O)CC)C(OC(=O)CC)=C(C(=O)O)C1CCC(CC)C1. The van der Waals surface area contributed by atoms with Crippen LogP contribution in [-0.2, 0) is 28.6 Å². The van der Waals surface area contributed by atoms with E-state index in [0.29, 0.717) is 24.2 Å². The molecule has 1 heterocycles. The first-order valence-corrected chi connectivity index (χ1v) is 13.9. The van der Waals surface area contributed by atoms with E-state index in [2.05, 4.69) is 20.4 Å². The number of carbonyl (C=O) groups excluding carboxylic acids is 2. The third-order valence-electron chi connectivity index (χ3n) is 8.34. The number of carboxylic acids is 1. The quantitative estimate of drug-likeness (QED) is 0.108. The van der Waals surface area contributed by atoms with Gasteiger partial charge in [-0.1, -0.05) is 59.1 Å². The van der Waals surface area contributed by atoms with Crippen molar-refractivity contribution in [3.63, 3.8) is 0 Å². The van der Waals surface area contributed by atoms with Gasteiger partial charge in [0.2, 0.25) is 0 Å². The van der Waals surface area contributed by atoms with Gasteiger partial charge in [0.15, 0.2) is 11.9 Å². The molecule has 7 atom stereocenters. The van der Waals surface area contributed by atoms with Crippen LogP contribution in [0.25, 0.3) is 0 Å². The molecule has 202 valence electrons. The molecule has 0 radical (unpaired) electrons. The Kier molecular flexibility index (Phi) is 10.2. The van der Waals surface area contributed by atoms with Crippen molar-refractivity contribution >= 4 is 17.9 Å². The van der Waals surface area contributed by atoms with Crippen LogP contribution in [0.2, 0.25) is 0 Å². The first-order chi connectivity index (χ1) is 17.2. The smallest absolute Gasteiger partial charge is 0.335 e. The molecule has 0 aromatic heterocycles. The Morgan fingerprint density at radius 3 is 2.39 bits per heavy atom. The van der Waals surface area contributed by atoms with E-state index in [1.54, 1.807) is 13.8 Å². The van der Waals surface area contributed by atoms with E-state index in [1.165, 1.54) is 5.57 Å². The molecule has 0 amide bonds. The van der Waals surface area contributed by atoms with Crippen LogP contribution in [0.3, 0.4) is 0 Å². The topological polar surface area (TPSA) is 102 Å². The number of hydrogen-bond acceptors (Lipinski definition) is 6. The Morgan fingerprint density at radius 2 is 1.81 bits per heavy atom. The maximum absolute atomic E-state index is 12.6. The fourth-order valence-electron chi connectivity index (χ4n) is 6.17. The molecule has 7 nitrogen and oxygen atoms in total. The molecule has 0 bridgehead atoms. The van der Waals surface area contributed by atoms with Crippen LogP contribution in [0.1, 0.15) is 98.3 Å². The number of aliphatic carboxylic acids is 1. The Hall–Kier alpha value is -2.15. The molecular weight excluding hydrogens is 460 g/mol. The van der Waals surface area contributed by atoms with Crippen molar-refractivity contribution < 1.29 is 33.7 Å². The summed E-state index contributed by atoms with van der Waals surface area (Å²) in [5.41, 5.74) is 1.30. The second-order valence-electron chi connectivity index (χ2n) is 10.7. The molecule has 36 heavy (non-hydrogen) atoms. The molecule has 1 N–H and O–H groups in total. The molecule has 3 rings (SSSR count). The van der Waals surface area contributed by atoms with Gasteiger partial charge in [0, 0.05) is 12.8 Å². The predicted molar refractivity (Wildman–Crippen MR) is 136 cm³/mol. The summed E-state index contributed by atoms with van der Waals surface area (Å²) in [6.07, 6.45) is 6.91. The van der Waals surface area contributed by atoms with Crippen molar-refractivity contribution in [3.8, 4) is 0 Å². The number of ether oxygens (including phenoxy) is 3. The van der Waals surface area contributed by atoms with Crippen molar-refractivity contribution in [2.24, 2.45) is 23.7 Å². The first kappa shape index (κ1) is 28.4. The Bertz CT molecular complexity index is 860. The van der Waals surface area contributed by atoms with Gasteiger partial charge in [0.1, 0.15) is 6.10 Å². The van der Waals surface area contributed by atoms with E-state index >= 15 is 0 Å². The lowest BCUT2D eigenvalue weighted by Crippen LogP contribution is -2.33. The summed E-state index contributed by atoms with van der Waals surface area (Å²) < 4.78 is 17.5. The largest absolute Gasteiger partial charge is 0.478 e. The van der Waals surface area contributed by atoms with Crippen LogP contribution >= 0.6 is 0 Å². The predicted octanol–water partition coefficient (Wildman–Crippen LogP) is 5.97. The van der Waals surface area contributed by atoms with Crippen LogP contribution in [0.15, 0.2) is 23.5 Å². The van der Waals surface area contributed by atoms with E-state index in [-0.39, 0.29) is 36.2 Å². The van der Waals surface area contributed by atoms with Crippen molar-refractivity contribution in [1.29, 1.82) is 0 Å². The van der Waals surface area contributed by atoms with Gasteiger partial charge in [-0.3, -0.25) is 9.59 Å². The van der Waals surface area contributed by atoms with Crippen LogP contribution in [-0.4, -0.2) is 41.3 Å². The Balaban J connectivity index is 1.93. The normalized spacial score (nSPS) is 31.1. The minimum absolute atomic E-state index is 0.0410. The van der Waals surface area contributed by atoms with Crippen molar-refractivity contribution in [3.05, 3.63) is 23.5 Å². The van der Waals surface area contributed by atoms with Crippen molar-refractivity contribution in [2.45, 2.75) is 117 Å². The highest BCUT2D eigenvalue weighted by Gasteiger charge is 2.53. The molecule has 2 aliphatic carbocycles. The van der Waals surface area contributed by atoms with Crippen molar-refractivity contribution in [2.75, 3.05) is 0 Å². The van der Waals surface area contributed by atoms with Gasteiger partial charge < -0.3 is 19.3 Å². The van der Waals surface area contributed by atoms with Crippen molar-refractivity contribution in [1.82, 2.24) is 0 Å². The molecule has 0 aromatic rings. The third kappa shape index (κ3) is 6.78. The van der Waals surface area contributed by atoms with Gasteiger partial charge in [-0.2, -0.15) is 0 Å². The number of carboxylic acid groups (broad SMARTS) is 1. The average molecular weight is 505 g/mol. The monoisotopic (exact) mass is 504 g/mol. The van der Waals surface area contributed by atoms with Gasteiger partial charge in [-0.25, -0.2) is 4.79 Å². The molecule has 2 saturated carbocycles. The van der Waals surface area contributed by atoms with E-state index in [4.69, 9.17) is 14.2 Å². The number of rotatable bonds is 13. The summed E-state index contributed by atoms with van der Waals surface area (Å²) in [7, 11) is 0. The summed E-state index contributed by atoms with van der Waals surface area (Å²) in [4.78, 5) is 37.5. The zero-order chi connectivity index (χ0) is 26.4. The van der Waals surface area contributed by atoms with E-state index in [1.807, 2.05) is 0 Å². The second-order valence-corrected chi connectivity index (χ2v) is 10.7. The maximum Gasteiger partial charge on any atom is 0.335 e. The highest BCUT2D eigenvalue weighted by molar-refractivity contribution is 5.89. The molecule has 0 aromatic carbocycles. The van der Waals surface area contributed by atoms with Crippen LogP contribution < -0.4 is 0 Å². The fourth-order valence-corrected chi connectivity index (χ4v) is 6.17. The minimum atomic E-state index is -1.13. The van der Waals surface area contributed by atoms with Gasteiger partial charge in [-0.05, 0) is 62.2 Å². The highest BCUT2D eigenvalue weighted by Crippen LogP contribution is 2.47. The lowest BCUT2D eigenvalue weighted by atomic mass is 9.85. The van der Waals surface area contributed by atoms with E-state index in [0.717, 1.165) is 51.4 Å². The van der Waals surface area contributed by atoms with Gasteiger partial charge in [-0.15, -0.1) is 0 Å². The van der Waals surface area contributed by atoms with Gasteiger partial charge >= 0.3 is 17.9 Å². The lowest BCUT2D eigenvalue weighted by molar-refractivity contribution is -0.154. The minimum Gasteiger partial charge on any atom is -0.478 e. The van der Waals surface area contributed by atoms with E-state index in [9.17, 15) is 19.5 Å². The zero-order valence-corrected chi connectivity index (χ0v) is 22.4. The van der Waals surface area contributed by atoms with Crippen LogP contribution in [0, 0.1) is 23.7 Å². The third-order valence-corrected chi connectivity index (χ3v) is 8.34. The van der Waals surface area contributed by atoms with Gasteiger partial charge in [0.05, 0.1) is 11.7 Å². The number of allylic oxidation sites excluding steroid dienone is 1. The van der Waals surface area contributed by atoms with Crippen LogP contribution in [0.5, 0.6) is 0 Å². The first-order valence-electron chi connectivity index (χ1n) is 13.9. The molecule has 0 spiro atoms. The summed E-state index contributed by atoms with van der Waals surface area (Å²) in [5.74, 6) is -1.11. The zero-order valence-electron chi connectivity index (χ0n) is 22.4. The molecular formula is C29H44O7. The Labute approximate surface area is 215 Å². The van der Waals surface area contributed by atoms with Gasteiger partial charge in [0.25, 0.3) is 0 Å². The number of carbonyl (C=O) groups is 3. The number of epoxide rings is 1. The number of hydrogen-bond donors (Lipinski definition) is 1. The summed E-state index contributed by atoms with van der Waals surface area (Å²) >= 11 is 0. The standard InChI is InChI=1S/C29H44O7/c1-6-10-19-13-11-17(5)21(19)16-22-26(34-22)28(36-24(31)9-4)27(35-23(30)8-3)25(29(32)33)20-14-12-18(7-2)15-20/h18-22,26,28H,5-16H2,1-4H3,(H,32,33)/t18?,19-,20?,21-,22+,26?,28?/m0/s1. The van der Waals surface area contributed by atoms with Crippen LogP contribution in [0.4, 0.5) is 0 Å². The molecule has 3 fully saturated rings. The summed E-state index contributed by atoms with van der Waals surface area (Å²) in [6.45, 7) is 11.9. The highest BCUT2D eigenvalue weighted by atomic mass is 16.6. The second kappa shape index (κ2) is 12.9. The molecule has 7 heteroatoms. The summed E-state index contributed by atoms with van der Waals surface area (Å²) in [5, 5.41) is 10.3.